The lowest BCUT2D eigenvalue weighted by atomic mass is 10.1. The molecule has 1 unspecified atom stereocenters. The average molecular weight is 390 g/mol. The first-order valence-electron chi connectivity index (χ1n) is 8.63. The van der Waals surface area contributed by atoms with Gasteiger partial charge in [-0.2, -0.15) is 0 Å². The molecule has 1 aliphatic rings. The van der Waals surface area contributed by atoms with Gasteiger partial charge in [-0.15, -0.1) is 0 Å². The number of ether oxygens (including phenoxy) is 1. The summed E-state index contributed by atoms with van der Waals surface area (Å²) in [4.78, 5) is 25.0. The molecule has 0 aliphatic carbocycles. The molecule has 0 saturated carbocycles. The summed E-state index contributed by atoms with van der Waals surface area (Å²) in [5.41, 5.74) is 0.355. The van der Waals surface area contributed by atoms with Crippen LogP contribution in [0.1, 0.15) is 16.8 Å². The van der Waals surface area contributed by atoms with Gasteiger partial charge in [0.2, 0.25) is 5.75 Å². The van der Waals surface area contributed by atoms with Crippen molar-refractivity contribution in [3.05, 3.63) is 63.2 Å². The van der Waals surface area contributed by atoms with Crippen molar-refractivity contribution in [1.29, 1.82) is 0 Å². The highest BCUT2D eigenvalue weighted by molar-refractivity contribution is 6.30. The van der Waals surface area contributed by atoms with Crippen molar-refractivity contribution >= 4 is 23.2 Å². The molecule has 142 valence electrons. The van der Waals surface area contributed by atoms with E-state index in [4.69, 9.17) is 16.3 Å². The van der Waals surface area contributed by atoms with Gasteiger partial charge in [-0.05, 0) is 62.3 Å². The molecule has 7 nitrogen and oxygen atoms in total. The molecule has 0 aromatic heterocycles. The quantitative estimate of drug-likeness (QED) is 0.601. The van der Waals surface area contributed by atoms with Crippen LogP contribution >= 0.6 is 11.6 Å². The molecule has 0 bridgehead atoms. The molecular formula is C19H20ClN3O4. The van der Waals surface area contributed by atoms with E-state index < -0.39 is 4.92 Å². The molecule has 1 N–H and O–H groups in total. The van der Waals surface area contributed by atoms with E-state index in [0.717, 1.165) is 26.1 Å². The maximum Gasteiger partial charge on any atom is 0.313 e. The van der Waals surface area contributed by atoms with Gasteiger partial charge in [0.1, 0.15) is 5.75 Å². The minimum Gasteiger partial charge on any atom is -0.450 e. The van der Waals surface area contributed by atoms with Crippen LogP contribution in [-0.4, -0.2) is 42.4 Å². The van der Waals surface area contributed by atoms with Crippen LogP contribution < -0.4 is 10.1 Å². The van der Waals surface area contributed by atoms with Crippen LogP contribution in [-0.2, 0) is 0 Å². The number of nitro benzene ring substituents is 1. The minimum atomic E-state index is -0.548. The Bertz CT molecular complexity index is 841. The highest BCUT2D eigenvalue weighted by Gasteiger charge is 2.26. The van der Waals surface area contributed by atoms with Crippen LogP contribution in [0.3, 0.4) is 0 Å². The third-order valence-corrected chi connectivity index (χ3v) is 4.75. The normalized spacial score (nSPS) is 16.4. The van der Waals surface area contributed by atoms with Gasteiger partial charge in [0.25, 0.3) is 5.91 Å². The summed E-state index contributed by atoms with van der Waals surface area (Å²) in [6, 6.07) is 10.8. The zero-order valence-corrected chi connectivity index (χ0v) is 15.6. The van der Waals surface area contributed by atoms with E-state index in [1.165, 1.54) is 18.2 Å². The number of hydrogen-bond donors (Lipinski definition) is 1. The summed E-state index contributed by atoms with van der Waals surface area (Å²) in [5.74, 6) is 0.967. The Kier molecular flexibility index (Phi) is 5.93. The smallest absolute Gasteiger partial charge is 0.313 e. The van der Waals surface area contributed by atoms with Gasteiger partial charge in [0, 0.05) is 29.7 Å². The minimum absolute atomic E-state index is 0.0161. The number of carbonyl (C=O) groups excluding carboxylic acids is 1. The van der Waals surface area contributed by atoms with Crippen LogP contribution in [0.25, 0.3) is 0 Å². The van der Waals surface area contributed by atoms with Crippen molar-refractivity contribution in [2.75, 3.05) is 26.7 Å². The SMILES string of the molecule is CNCC1CCN(C(=O)c2ccc(Oc3ccc(Cl)cc3[N+](=O)[O-])cc2)C1. The predicted molar refractivity (Wildman–Crippen MR) is 103 cm³/mol. The molecule has 2 aromatic rings. The molecule has 0 radical (unpaired) electrons. The number of hydrogen-bond acceptors (Lipinski definition) is 5. The van der Waals surface area contributed by atoms with Crippen LogP contribution in [0.15, 0.2) is 42.5 Å². The zero-order valence-electron chi connectivity index (χ0n) is 14.9. The number of carbonyl (C=O) groups is 1. The number of rotatable bonds is 6. The standard InChI is InChI=1S/C19H20ClN3O4/c1-21-11-13-8-9-22(12-13)19(24)14-2-5-16(6-3-14)27-18-7-4-15(20)10-17(18)23(25)26/h2-7,10,13,21H,8-9,11-12H2,1H3. The van der Waals surface area contributed by atoms with Crippen LogP contribution in [0, 0.1) is 16.0 Å². The summed E-state index contributed by atoms with van der Waals surface area (Å²) >= 11 is 5.81. The number of nitrogens with zero attached hydrogens (tertiary/aromatic N) is 2. The van der Waals surface area contributed by atoms with Crippen molar-refractivity contribution in [3.8, 4) is 11.5 Å². The molecule has 1 aliphatic heterocycles. The highest BCUT2D eigenvalue weighted by atomic mass is 35.5. The van der Waals surface area contributed by atoms with Gasteiger partial charge < -0.3 is 15.0 Å². The van der Waals surface area contributed by atoms with Gasteiger partial charge in [-0.3, -0.25) is 14.9 Å². The van der Waals surface area contributed by atoms with Gasteiger partial charge >= 0.3 is 5.69 Å². The van der Waals surface area contributed by atoms with E-state index >= 15 is 0 Å². The highest BCUT2D eigenvalue weighted by Crippen LogP contribution is 2.33. The fraction of sp³-hybridized carbons (Fsp3) is 0.316. The first kappa shape index (κ1) is 19.1. The topological polar surface area (TPSA) is 84.7 Å². The van der Waals surface area contributed by atoms with Crippen LogP contribution in [0.5, 0.6) is 11.5 Å². The second-order valence-electron chi connectivity index (χ2n) is 6.46. The van der Waals surface area contributed by atoms with Crippen molar-refractivity contribution in [2.45, 2.75) is 6.42 Å². The molecule has 1 fully saturated rings. The number of amides is 1. The summed E-state index contributed by atoms with van der Waals surface area (Å²) in [7, 11) is 1.91. The molecule has 2 aromatic carbocycles. The lowest BCUT2D eigenvalue weighted by Crippen LogP contribution is -2.30. The molecule has 27 heavy (non-hydrogen) atoms. The Morgan fingerprint density at radius 1 is 1.33 bits per heavy atom. The molecule has 0 spiro atoms. The second kappa shape index (κ2) is 8.37. The maximum absolute atomic E-state index is 12.6. The van der Waals surface area contributed by atoms with Crippen molar-refractivity contribution < 1.29 is 14.5 Å². The molecule has 3 rings (SSSR count). The van der Waals surface area contributed by atoms with E-state index in [2.05, 4.69) is 5.32 Å². The van der Waals surface area contributed by atoms with Gasteiger partial charge in [0.05, 0.1) is 4.92 Å². The monoisotopic (exact) mass is 389 g/mol. The van der Waals surface area contributed by atoms with Crippen molar-refractivity contribution in [2.24, 2.45) is 5.92 Å². The zero-order chi connectivity index (χ0) is 19.4. The molecule has 1 atom stereocenters. The molecule has 1 saturated heterocycles. The first-order chi connectivity index (χ1) is 13.0. The number of halogens is 1. The lowest BCUT2D eigenvalue weighted by Gasteiger charge is -2.17. The first-order valence-corrected chi connectivity index (χ1v) is 9.01. The summed E-state index contributed by atoms with van der Waals surface area (Å²) in [5, 5.41) is 14.5. The van der Waals surface area contributed by atoms with Gasteiger partial charge in [-0.1, -0.05) is 11.6 Å². The third kappa shape index (κ3) is 4.56. The second-order valence-corrected chi connectivity index (χ2v) is 6.90. The van der Waals surface area contributed by atoms with E-state index in [-0.39, 0.29) is 22.4 Å². The Balaban J connectivity index is 1.69. The predicted octanol–water partition coefficient (Wildman–Crippen LogP) is 3.72. The summed E-state index contributed by atoms with van der Waals surface area (Å²) in [6.07, 6.45) is 0.994. The maximum atomic E-state index is 12.6. The Morgan fingerprint density at radius 3 is 2.74 bits per heavy atom. The Hall–Kier alpha value is -2.64. The van der Waals surface area contributed by atoms with Crippen molar-refractivity contribution in [1.82, 2.24) is 10.2 Å². The van der Waals surface area contributed by atoms with Crippen LogP contribution in [0.4, 0.5) is 5.69 Å². The van der Waals surface area contributed by atoms with E-state index in [0.29, 0.717) is 17.2 Å². The van der Waals surface area contributed by atoms with E-state index in [1.807, 2.05) is 11.9 Å². The fourth-order valence-electron chi connectivity index (χ4n) is 3.17. The molecular weight excluding hydrogens is 370 g/mol. The van der Waals surface area contributed by atoms with E-state index in [9.17, 15) is 14.9 Å². The lowest BCUT2D eigenvalue weighted by molar-refractivity contribution is -0.385. The molecule has 1 amide bonds. The summed E-state index contributed by atoms with van der Waals surface area (Å²) in [6.45, 7) is 2.39. The Labute approximate surface area is 162 Å². The largest absolute Gasteiger partial charge is 0.450 e. The molecule has 1 heterocycles. The average Bonchev–Trinajstić information content (AvgIpc) is 3.12. The van der Waals surface area contributed by atoms with Crippen LogP contribution in [0.2, 0.25) is 5.02 Å². The Morgan fingerprint density at radius 2 is 2.07 bits per heavy atom. The third-order valence-electron chi connectivity index (χ3n) is 4.51. The van der Waals surface area contributed by atoms with Crippen molar-refractivity contribution in [3.63, 3.8) is 0 Å². The number of nitro groups is 1. The van der Waals surface area contributed by atoms with Gasteiger partial charge in [0.15, 0.2) is 0 Å². The number of benzene rings is 2. The summed E-state index contributed by atoms with van der Waals surface area (Å²) < 4.78 is 5.60. The van der Waals surface area contributed by atoms with E-state index in [1.54, 1.807) is 24.3 Å². The van der Waals surface area contributed by atoms with Gasteiger partial charge in [-0.25, -0.2) is 0 Å². The number of likely N-dealkylation sites (tertiary alicyclic amines) is 1. The molecule has 8 heteroatoms. The number of nitrogens with one attached hydrogen (secondary N) is 1. The fourth-order valence-corrected chi connectivity index (χ4v) is 3.33.